The Balaban J connectivity index is 2.27. The highest BCUT2D eigenvalue weighted by atomic mass is 32.2. The Morgan fingerprint density at radius 1 is 1.54 bits per heavy atom. The Morgan fingerprint density at radius 2 is 2.38 bits per heavy atom. The molecule has 0 saturated heterocycles. The van der Waals surface area contributed by atoms with Crippen LogP contribution in [-0.4, -0.2) is 23.1 Å². The van der Waals surface area contributed by atoms with Crippen molar-refractivity contribution in [1.82, 2.24) is 9.88 Å². The van der Waals surface area contributed by atoms with Gasteiger partial charge in [0.15, 0.2) is 0 Å². The largest absolute Gasteiger partial charge is 0.351 e. The van der Waals surface area contributed by atoms with Gasteiger partial charge < -0.3 is 9.88 Å². The summed E-state index contributed by atoms with van der Waals surface area (Å²) in [6, 6.07) is 4.28. The van der Waals surface area contributed by atoms with E-state index in [1.807, 2.05) is 11.8 Å². The Labute approximate surface area is 84.7 Å². The van der Waals surface area contributed by atoms with Gasteiger partial charge in [-0.15, -0.1) is 0 Å². The maximum absolute atomic E-state index is 3.42. The second-order valence-electron chi connectivity index (χ2n) is 2.96. The summed E-state index contributed by atoms with van der Waals surface area (Å²) in [4.78, 5) is 0. The fourth-order valence-electron chi connectivity index (χ4n) is 1.31. The lowest BCUT2D eigenvalue weighted by molar-refractivity contribution is 0.648. The predicted octanol–water partition coefficient (Wildman–Crippen LogP) is 1.96. The summed E-state index contributed by atoms with van der Waals surface area (Å²) in [7, 11) is 0. The number of aromatic nitrogens is 1. The van der Waals surface area contributed by atoms with Crippen molar-refractivity contribution >= 4 is 11.8 Å². The molecule has 0 amide bonds. The van der Waals surface area contributed by atoms with E-state index in [1.165, 1.54) is 11.4 Å². The molecule has 0 aliphatic heterocycles. The summed E-state index contributed by atoms with van der Waals surface area (Å²) in [5, 5.41) is 3.42. The van der Waals surface area contributed by atoms with Crippen molar-refractivity contribution in [3.63, 3.8) is 0 Å². The summed E-state index contributed by atoms with van der Waals surface area (Å²) in [5.74, 6) is 1.19. The molecule has 1 heterocycles. The van der Waals surface area contributed by atoms with Crippen LogP contribution in [0.1, 0.15) is 12.6 Å². The fraction of sp³-hybridized carbons (Fsp3) is 0.600. The third kappa shape index (κ3) is 3.44. The minimum atomic E-state index is 0.988. The van der Waals surface area contributed by atoms with Crippen LogP contribution in [0.3, 0.4) is 0 Å². The molecule has 0 radical (unpaired) electrons. The number of nitrogens with one attached hydrogen (secondary N) is 1. The summed E-state index contributed by atoms with van der Waals surface area (Å²) in [5.41, 5.74) is 1.38. The molecule has 0 aliphatic rings. The van der Waals surface area contributed by atoms with E-state index < -0.39 is 0 Å². The highest BCUT2D eigenvalue weighted by Crippen LogP contribution is 2.01. The molecular weight excluding hydrogens is 180 g/mol. The van der Waals surface area contributed by atoms with Crippen molar-refractivity contribution in [3.05, 3.63) is 24.0 Å². The van der Waals surface area contributed by atoms with Gasteiger partial charge in [-0.25, -0.2) is 0 Å². The summed E-state index contributed by atoms with van der Waals surface area (Å²) in [6.45, 7) is 5.31. The van der Waals surface area contributed by atoms with Crippen LogP contribution < -0.4 is 5.32 Å². The van der Waals surface area contributed by atoms with E-state index in [9.17, 15) is 0 Å². The molecule has 0 aromatic carbocycles. The summed E-state index contributed by atoms with van der Waals surface area (Å²) < 4.78 is 2.27. The quantitative estimate of drug-likeness (QED) is 0.704. The first kappa shape index (κ1) is 10.7. The molecule has 13 heavy (non-hydrogen) atoms. The number of rotatable bonds is 6. The van der Waals surface area contributed by atoms with Gasteiger partial charge in [0.05, 0.1) is 0 Å². The Kier molecular flexibility index (Phi) is 5.01. The maximum Gasteiger partial charge on any atom is 0.0359 e. The molecule has 3 heteroatoms. The zero-order chi connectivity index (χ0) is 9.52. The van der Waals surface area contributed by atoms with Crippen LogP contribution in [0.4, 0.5) is 0 Å². The lowest BCUT2D eigenvalue weighted by Crippen LogP contribution is -2.18. The van der Waals surface area contributed by atoms with Gasteiger partial charge in [0.1, 0.15) is 0 Å². The van der Waals surface area contributed by atoms with Crippen LogP contribution in [-0.2, 0) is 13.1 Å². The van der Waals surface area contributed by atoms with Gasteiger partial charge in [-0.1, -0.05) is 0 Å². The summed E-state index contributed by atoms with van der Waals surface area (Å²) >= 11 is 1.88. The molecular formula is C10H18N2S. The van der Waals surface area contributed by atoms with E-state index in [4.69, 9.17) is 0 Å². The molecule has 0 saturated carbocycles. The number of thioether (sulfide) groups is 1. The van der Waals surface area contributed by atoms with Gasteiger partial charge in [-0.3, -0.25) is 0 Å². The molecule has 0 fully saturated rings. The van der Waals surface area contributed by atoms with Gasteiger partial charge >= 0.3 is 0 Å². The Bertz CT molecular complexity index is 233. The Hall–Kier alpha value is -0.410. The highest BCUT2D eigenvalue weighted by Gasteiger charge is 1.96. The molecule has 2 nitrogen and oxygen atoms in total. The van der Waals surface area contributed by atoms with Crippen LogP contribution in [0.5, 0.6) is 0 Å². The average Bonchev–Trinajstić information content (AvgIpc) is 2.60. The zero-order valence-corrected chi connectivity index (χ0v) is 9.23. The van der Waals surface area contributed by atoms with E-state index >= 15 is 0 Å². The minimum absolute atomic E-state index is 0.988. The second kappa shape index (κ2) is 6.11. The molecule has 0 unspecified atom stereocenters. The highest BCUT2D eigenvalue weighted by molar-refractivity contribution is 7.98. The van der Waals surface area contributed by atoms with Gasteiger partial charge in [0.2, 0.25) is 0 Å². The van der Waals surface area contributed by atoms with Gasteiger partial charge in [-0.2, -0.15) is 11.8 Å². The first-order valence-corrected chi connectivity index (χ1v) is 6.11. The number of nitrogens with zero attached hydrogens (tertiary/aromatic N) is 1. The molecule has 0 aliphatic carbocycles. The lowest BCUT2D eigenvalue weighted by atomic mass is 10.4. The number of aryl methyl sites for hydroxylation is 1. The molecule has 0 atom stereocenters. The van der Waals surface area contributed by atoms with Crippen molar-refractivity contribution in [3.8, 4) is 0 Å². The first-order valence-electron chi connectivity index (χ1n) is 4.72. The third-order valence-electron chi connectivity index (χ3n) is 2.05. The standard InChI is InChI=1S/C10H18N2S/c1-3-12-7-4-5-10(12)9-11-6-8-13-2/h4-5,7,11H,3,6,8-9H2,1-2H3. The van der Waals surface area contributed by atoms with Crippen molar-refractivity contribution in [2.45, 2.75) is 20.0 Å². The van der Waals surface area contributed by atoms with E-state index in [-0.39, 0.29) is 0 Å². The smallest absolute Gasteiger partial charge is 0.0359 e. The SMILES string of the molecule is CCn1cccc1CNCCSC. The van der Waals surface area contributed by atoms with E-state index in [0.29, 0.717) is 0 Å². The van der Waals surface area contributed by atoms with Crippen molar-refractivity contribution < 1.29 is 0 Å². The van der Waals surface area contributed by atoms with Crippen LogP contribution in [0, 0.1) is 0 Å². The van der Waals surface area contributed by atoms with E-state index in [2.05, 4.69) is 41.4 Å². The fourth-order valence-corrected chi connectivity index (χ4v) is 1.66. The molecule has 1 N–H and O–H groups in total. The van der Waals surface area contributed by atoms with Crippen molar-refractivity contribution in [1.29, 1.82) is 0 Å². The topological polar surface area (TPSA) is 17.0 Å². The second-order valence-corrected chi connectivity index (χ2v) is 3.94. The number of hydrogen-bond donors (Lipinski definition) is 1. The first-order chi connectivity index (χ1) is 6.38. The lowest BCUT2D eigenvalue weighted by Gasteiger charge is -2.07. The van der Waals surface area contributed by atoms with Crippen LogP contribution in [0.25, 0.3) is 0 Å². The molecule has 0 spiro atoms. The Morgan fingerprint density at radius 3 is 3.08 bits per heavy atom. The van der Waals surface area contributed by atoms with Crippen LogP contribution >= 0.6 is 11.8 Å². The molecule has 0 bridgehead atoms. The van der Waals surface area contributed by atoms with E-state index in [1.54, 1.807) is 0 Å². The number of hydrogen-bond acceptors (Lipinski definition) is 2. The van der Waals surface area contributed by atoms with Crippen molar-refractivity contribution in [2.75, 3.05) is 18.6 Å². The van der Waals surface area contributed by atoms with Gasteiger partial charge in [-0.05, 0) is 25.3 Å². The molecule has 1 aromatic heterocycles. The van der Waals surface area contributed by atoms with E-state index in [0.717, 1.165) is 19.6 Å². The van der Waals surface area contributed by atoms with Crippen molar-refractivity contribution in [2.24, 2.45) is 0 Å². The monoisotopic (exact) mass is 198 g/mol. The minimum Gasteiger partial charge on any atom is -0.351 e. The van der Waals surface area contributed by atoms with Crippen LogP contribution in [0.15, 0.2) is 18.3 Å². The normalized spacial score (nSPS) is 10.6. The third-order valence-corrected chi connectivity index (χ3v) is 2.67. The van der Waals surface area contributed by atoms with Crippen LogP contribution in [0.2, 0.25) is 0 Å². The zero-order valence-electron chi connectivity index (χ0n) is 8.42. The maximum atomic E-state index is 3.42. The predicted molar refractivity (Wildman–Crippen MR) is 60.2 cm³/mol. The molecule has 1 aromatic rings. The molecule has 1 rings (SSSR count). The van der Waals surface area contributed by atoms with Gasteiger partial charge in [0.25, 0.3) is 0 Å². The summed E-state index contributed by atoms with van der Waals surface area (Å²) in [6.07, 6.45) is 4.27. The van der Waals surface area contributed by atoms with Gasteiger partial charge in [0, 0.05) is 37.3 Å². The molecule has 74 valence electrons. The average molecular weight is 198 g/mol.